The van der Waals surface area contributed by atoms with E-state index in [-0.39, 0.29) is 23.6 Å². The number of ether oxygens (including phenoxy) is 1. The summed E-state index contributed by atoms with van der Waals surface area (Å²) in [5.74, 6) is -0.523. The van der Waals surface area contributed by atoms with Crippen LogP contribution in [0.15, 0.2) is 6.20 Å². The number of aromatic amines is 1. The van der Waals surface area contributed by atoms with Gasteiger partial charge in [-0.05, 0) is 20.3 Å². The molecule has 1 aromatic rings. The van der Waals surface area contributed by atoms with Crippen molar-refractivity contribution in [3.05, 3.63) is 17.5 Å². The van der Waals surface area contributed by atoms with E-state index in [0.717, 1.165) is 0 Å². The van der Waals surface area contributed by atoms with Crippen molar-refractivity contribution < 1.29 is 17.9 Å². The van der Waals surface area contributed by atoms with Crippen molar-refractivity contribution in [1.29, 1.82) is 0 Å². The van der Waals surface area contributed by atoms with Crippen LogP contribution in [0.4, 0.5) is 5.69 Å². The van der Waals surface area contributed by atoms with Crippen LogP contribution >= 0.6 is 0 Å². The van der Waals surface area contributed by atoms with Gasteiger partial charge in [0.2, 0.25) is 10.0 Å². The van der Waals surface area contributed by atoms with Crippen LogP contribution in [0.3, 0.4) is 0 Å². The number of hydrogen-bond acceptors (Lipinski definition) is 4. The van der Waals surface area contributed by atoms with Crippen molar-refractivity contribution in [3.63, 3.8) is 0 Å². The van der Waals surface area contributed by atoms with Gasteiger partial charge in [-0.1, -0.05) is 6.92 Å². The van der Waals surface area contributed by atoms with Gasteiger partial charge in [-0.3, -0.25) is 4.72 Å². The topological polar surface area (TPSA) is 88.3 Å². The molecule has 0 fully saturated rings. The SMILES string of the molecule is CCCS(=O)(=O)Nc1c[nH]c(C)c1C(=O)OCC. The van der Waals surface area contributed by atoms with Crippen molar-refractivity contribution in [3.8, 4) is 0 Å². The predicted molar refractivity (Wildman–Crippen MR) is 69.2 cm³/mol. The largest absolute Gasteiger partial charge is 0.462 e. The average Bonchev–Trinajstić information content (AvgIpc) is 2.59. The molecule has 18 heavy (non-hydrogen) atoms. The molecule has 0 aliphatic rings. The van der Waals surface area contributed by atoms with Gasteiger partial charge in [0.15, 0.2) is 0 Å². The number of aryl methyl sites for hydroxylation is 1. The first-order valence-corrected chi connectivity index (χ1v) is 7.42. The highest BCUT2D eigenvalue weighted by atomic mass is 32.2. The summed E-state index contributed by atoms with van der Waals surface area (Å²) in [5.41, 5.74) is 1.04. The molecule has 0 bridgehead atoms. The van der Waals surface area contributed by atoms with E-state index in [1.807, 2.05) is 0 Å². The van der Waals surface area contributed by atoms with Crippen LogP contribution in [0.5, 0.6) is 0 Å². The molecule has 0 atom stereocenters. The Morgan fingerprint density at radius 1 is 1.44 bits per heavy atom. The Hall–Kier alpha value is -1.50. The summed E-state index contributed by atoms with van der Waals surface area (Å²) in [4.78, 5) is 14.5. The minimum Gasteiger partial charge on any atom is -0.462 e. The molecular weight excluding hydrogens is 256 g/mol. The lowest BCUT2D eigenvalue weighted by Crippen LogP contribution is -2.18. The van der Waals surface area contributed by atoms with Gasteiger partial charge in [0.1, 0.15) is 5.56 Å². The molecule has 102 valence electrons. The normalized spacial score (nSPS) is 11.3. The van der Waals surface area contributed by atoms with E-state index in [2.05, 4.69) is 9.71 Å². The lowest BCUT2D eigenvalue weighted by molar-refractivity contribution is 0.0527. The van der Waals surface area contributed by atoms with E-state index < -0.39 is 16.0 Å². The quantitative estimate of drug-likeness (QED) is 0.772. The van der Waals surface area contributed by atoms with Gasteiger partial charge in [0, 0.05) is 11.9 Å². The fourth-order valence-corrected chi connectivity index (χ4v) is 2.70. The number of rotatable bonds is 6. The van der Waals surface area contributed by atoms with Crippen molar-refractivity contribution in [2.24, 2.45) is 0 Å². The maximum atomic E-state index is 11.7. The summed E-state index contributed by atoms with van der Waals surface area (Å²) in [6.45, 7) is 5.39. The van der Waals surface area contributed by atoms with Crippen molar-refractivity contribution in [2.45, 2.75) is 27.2 Å². The van der Waals surface area contributed by atoms with Gasteiger partial charge in [-0.15, -0.1) is 0 Å². The molecule has 0 aromatic carbocycles. The fraction of sp³-hybridized carbons (Fsp3) is 0.545. The van der Waals surface area contributed by atoms with E-state index >= 15 is 0 Å². The molecule has 1 rings (SSSR count). The second-order valence-electron chi connectivity index (χ2n) is 3.84. The molecule has 2 N–H and O–H groups in total. The van der Waals surface area contributed by atoms with Crippen LogP contribution in [0, 0.1) is 6.92 Å². The molecule has 0 radical (unpaired) electrons. The molecular formula is C11H18N2O4S. The minimum atomic E-state index is -3.42. The summed E-state index contributed by atoms with van der Waals surface area (Å²) in [6, 6.07) is 0. The third-order valence-electron chi connectivity index (χ3n) is 2.30. The van der Waals surface area contributed by atoms with Crippen LogP contribution in [0.25, 0.3) is 0 Å². The molecule has 7 heteroatoms. The maximum Gasteiger partial charge on any atom is 0.342 e. The van der Waals surface area contributed by atoms with E-state index in [1.54, 1.807) is 20.8 Å². The van der Waals surface area contributed by atoms with E-state index in [0.29, 0.717) is 12.1 Å². The smallest absolute Gasteiger partial charge is 0.342 e. The molecule has 0 aliphatic carbocycles. The number of nitrogens with one attached hydrogen (secondary N) is 2. The first-order chi connectivity index (χ1) is 8.41. The maximum absolute atomic E-state index is 11.7. The van der Waals surface area contributed by atoms with E-state index in [1.165, 1.54) is 6.20 Å². The number of esters is 1. The lowest BCUT2D eigenvalue weighted by Gasteiger charge is -2.08. The summed E-state index contributed by atoms with van der Waals surface area (Å²) < 4.78 is 30.6. The Labute approximate surface area is 107 Å². The molecule has 0 unspecified atom stereocenters. The zero-order valence-electron chi connectivity index (χ0n) is 10.7. The number of aromatic nitrogens is 1. The highest BCUT2D eigenvalue weighted by Crippen LogP contribution is 2.21. The lowest BCUT2D eigenvalue weighted by atomic mass is 10.2. The summed E-state index contributed by atoms with van der Waals surface area (Å²) in [6.07, 6.45) is 1.96. The molecule has 0 amide bonds. The molecule has 0 spiro atoms. The number of hydrogen-bond donors (Lipinski definition) is 2. The Bertz CT molecular complexity index is 519. The monoisotopic (exact) mass is 274 g/mol. The van der Waals surface area contributed by atoms with E-state index in [4.69, 9.17) is 4.74 Å². The molecule has 0 aliphatic heterocycles. The summed E-state index contributed by atoms with van der Waals surface area (Å²) >= 11 is 0. The number of H-pyrrole nitrogens is 1. The standard InChI is InChI=1S/C11H18N2O4S/c1-4-6-18(15,16)13-9-7-12-8(3)10(9)11(14)17-5-2/h7,12-13H,4-6H2,1-3H3. The minimum absolute atomic E-state index is 0.0134. The van der Waals surface area contributed by atoms with Gasteiger partial charge in [0.25, 0.3) is 0 Å². The van der Waals surface area contributed by atoms with Crippen molar-refractivity contribution in [1.82, 2.24) is 4.98 Å². The van der Waals surface area contributed by atoms with Gasteiger partial charge in [-0.2, -0.15) is 0 Å². The zero-order valence-corrected chi connectivity index (χ0v) is 11.6. The predicted octanol–water partition coefficient (Wildman–Crippen LogP) is 1.65. The summed E-state index contributed by atoms with van der Waals surface area (Å²) in [5, 5.41) is 0. The Morgan fingerprint density at radius 3 is 2.67 bits per heavy atom. The van der Waals surface area contributed by atoms with E-state index in [9.17, 15) is 13.2 Å². The fourth-order valence-electron chi connectivity index (χ4n) is 1.56. The van der Waals surface area contributed by atoms with Crippen molar-refractivity contribution >= 4 is 21.7 Å². The molecule has 0 saturated carbocycles. The zero-order chi connectivity index (χ0) is 13.8. The van der Waals surface area contributed by atoms with Crippen LogP contribution in [0.1, 0.15) is 36.3 Å². The van der Waals surface area contributed by atoms with Gasteiger partial charge >= 0.3 is 5.97 Å². The molecule has 1 aromatic heterocycles. The third-order valence-corrected chi connectivity index (χ3v) is 3.77. The first-order valence-electron chi connectivity index (χ1n) is 5.76. The third kappa shape index (κ3) is 3.49. The second-order valence-corrected chi connectivity index (χ2v) is 5.69. The molecule has 6 nitrogen and oxygen atoms in total. The Kier molecular flexibility index (Phi) is 4.77. The van der Waals surface area contributed by atoms with Crippen LogP contribution in [-0.4, -0.2) is 31.7 Å². The molecule has 1 heterocycles. The van der Waals surface area contributed by atoms with Crippen LogP contribution in [-0.2, 0) is 14.8 Å². The van der Waals surface area contributed by atoms with Crippen LogP contribution < -0.4 is 4.72 Å². The Balaban J connectivity index is 3.01. The highest BCUT2D eigenvalue weighted by Gasteiger charge is 2.20. The number of sulfonamides is 1. The van der Waals surface area contributed by atoms with Gasteiger partial charge < -0.3 is 9.72 Å². The van der Waals surface area contributed by atoms with Crippen molar-refractivity contribution in [2.75, 3.05) is 17.1 Å². The first kappa shape index (κ1) is 14.6. The average molecular weight is 274 g/mol. The molecule has 0 saturated heterocycles. The number of anilines is 1. The van der Waals surface area contributed by atoms with Crippen LogP contribution in [0.2, 0.25) is 0 Å². The van der Waals surface area contributed by atoms with Gasteiger partial charge in [0.05, 0.1) is 18.0 Å². The second kappa shape index (κ2) is 5.90. The highest BCUT2D eigenvalue weighted by molar-refractivity contribution is 7.92. The number of carbonyl (C=O) groups excluding carboxylic acids is 1. The Morgan fingerprint density at radius 2 is 2.11 bits per heavy atom. The van der Waals surface area contributed by atoms with Gasteiger partial charge in [-0.25, -0.2) is 13.2 Å². The number of carbonyl (C=O) groups is 1. The summed E-state index contributed by atoms with van der Waals surface area (Å²) in [7, 11) is -3.42.